The van der Waals surface area contributed by atoms with Crippen LogP contribution < -0.4 is 0 Å². The number of aromatic amines is 1. The predicted molar refractivity (Wildman–Crippen MR) is 68.6 cm³/mol. The van der Waals surface area contributed by atoms with Gasteiger partial charge in [-0.05, 0) is 30.9 Å². The minimum atomic E-state index is -0.335. The molecule has 2 aromatic rings. The van der Waals surface area contributed by atoms with Crippen molar-refractivity contribution in [2.45, 2.75) is 25.7 Å². The number of nitrogens with zero attached hydrogens (tertiary/aromatic N) is 1. The summed E-state index contributed by atoms with van der Waals surface area (Å²) in [7, 11) is 1.39. The number of carbonyl (C=O) groups is 1. The van der Waals surface area contributed by atoms with Gasteiger partial charge in [0.1, 0.15) is 11.3 Å². The summed E-state index contributed by atoms with van der Waals surface area (Å²) in [4.78, 5) is 19.6. The number of ether oxygens (including phenoxy) is 1. The van der Waals surface area contributed by atoms with Crippen molar-refractivity contribution in [1.82, 2.24) is 9.97 Å². The van der Waals surface area contributed by atoms with Gasteiger partial charge in [0.05, 0.1) is 18.2 Å². The summed E-state index contributed by atoms with van der Waals surface area (Å²) in [5.41, 5.74) is 2.15. The first-order valence-corrected chi connectivity index (χ1v) is 6.27. The van der Waals surface area contributed by atoms with E-state index in [9.17, 15) is 4.79 Å². The van der Waals surface area contributed by atoms with Crippen molar-refractivity contribution in [1.29, 1.82) is 0 Å². The second-order valence-electron chi connectivity index (χ2n) is 4.94. The molecule has 0 bridgehead atoms. The number of H-pyrrole nitrogens is 1. The van der Waals surface area contributed by atoms with Crippen LogP contribution in [0.1, 0.15) is 41.9 Å². The molecule has 3 rings (SSSR count). The molecular weight excluding hydrogens is 228 g/mol. The lowest BCUT2D eigenvalue weighted by molar-refractivity contribution is 0.0603. The van der Waals surface area contributed by atoms with E-state index in [-0.39, 0.29) is 5.97 Å². The fourth-order valence-corrected chi connectivity index (χ4v) is 2.36. The first-order valence-electron chi connectivity index (χ1n) is 6.27. The number of benzene rings is 1. The maximum absolute atomic E-state index is 11.7. The Morgan fingerprint density at radius 2 is 2.28 bits per heavy atom. The van der Waals surface area contributed by atoms with Gasteiger partial charge in [-0.1, -0.05) is 13.0 Å². The Labute approximate surface area is 105 Å². The number of methoxy groups -OCH3 is 1. The fourth-order valence-electron chi connectivity index (χ4n) is 2.36. The van der Waals surface area contributed by atoms with Gasteiger partial charge in [-0.25, -0.2) is 9.78 Å². The number of esters is 1. The standard InChI is InChI=1S/C14H16N2O2/c1-8(9-6-7-9)13-15-11-5-3-4-10(12(11)16-13)14(17)18-2/h3-5,8-9H,6-7H2,1-2H3,(H,15,16). The number of fused-ring (bicyclic) bond motifs is 1. The Hall–Kier alpha value is -1.84. The van der Waals surface area contributed by atoms with Crippen molar-refractivity contribution in [2.24, 2.45) is 5.92 Å². The van der Waals surface area contributed by atoms with Crippen LogP contribution >= 0.6 is 0 Å². The third kappa shape index (κ3) is 1.78. The number of para-hydroxylation sites is 1. The van der Waals surface area contributed by atoms with E-state index in [1.54, 1.807) is 6.07 Å². The molecular formula is C14H16N2O2. The summed E-state index contributed by atoms with van der Waals surface area (Å²) in [6, 6.07) is 5.54. The first-order chi connectivity index (χ1) is 8.70. The number of aromatic nitrogens is 2. The molecule has 4 nitrogen and oxygen atoms in total. The van der Waals surface area contributed by atoms with Gasteiger partial charge in [0.15, 0.2) is 0 Å². The lowest BCUT2D eigenvalue weighted by atomic mass is 10.1. The second-order valence-corrected chi connectivity index (χ2v) is 4.94. The van der Waals surface area contributed by atoms with E-state index in [0.717, 1.165) is 17.3 Å². The van der Waals surface area contributed by atoms with Gasteiger partial charge in [0.2, 0.25) is 0 Å². The molecule has 0 saturated heterocycles. The Morgan fingerprint density at radius 3 is 2.94 bits per heavy atom. The van der Waals surface area contributed by atoms with Crippen LogP contribution in [-0.2, 0) is 4.74 Å². The summed E-state index contributed by atoms with van der Waals surface area (Å²) in [5, 5.41) is 0. The van der Waals surface area contributed by atoms with E-state index < -0.39 is 0 Å². The average Bonchev–Trinajstić information content (AvgIpc) is 3.14. The van der Waals surface area contributed by atoms with Gasteiger partial charge in [-0.3, -0.25) is 0 Å². The molecule has 0 radical (unpaired) electrons. The average molecular weight is 244 g/mol. The predicted octanol–water partition coefficient (Wildman–Crippen LogP) is 2.86. The Morgan fingerprint density at radius 1 is 1.50 bits per heavy atom. The second kappa shape index (κ2) is 4.12. The number of rotatable bonds is 3. The van der Waals surface area contributed by atoms with E-state index in [2.05, 4.69) is 16.9 Å². The summed E-state index contributed by atoms with van der Waals surface area (Å²) in [6.45, 7) is 2.19. The Bertz CT molecular complexity index is 599. The molecule has 1 aromatic heterocycles. The maximum Gasteiger partial charge on any atom is 0.340 e. The van der Waals surface area contributed by atoms with E-state index in [1.165, 1.54) is 20.0 Å². The molecule has 0 aliphatic heterocycles. The smallest absolute Gasteiger partial charge is 0.340 e. The van der Waals surface area contributed by atoms with Crippen LogP contribution in [0.25, 0.3) is 11.0 Å². The van der Waals surface area contributed by atoms with Crippen LogP contribution in [0.3, 0.4) is 0 Å². The number of carbonyl (C=O) groups excluding carboxylic acids is 1. The van der Waals surface area contributed by atoms with Crippen LogP contribution in [0.15, 0.2) is 18.2 Å². The van der Waals surface area contributed by atoms with Gasteiger partial charge in [0, 0.05) is 5.92 Å². The van der Waals surface area contributed by atoms with Crippen molar-refractivity contribution in [3.8, 4) is 0 Å². The molecule has 1 aliphatic rings. The summed E-state index contributed by atoms with van der Waals surface area (Å²) in [6.07, 6.45) is 2.56. The van der Waals surface area contributed by atoms with Crippen molar-refractivity contribution in [3.63, 3.8) is 0 Å². The molecule has 18 heavy (non-hydrogen) atoms. The van der Waals surface area contributed by atoms with Gasteiger partial charge >= 0.3 is 5.97 Å². The molecule has 1 N–H and O–H groups in total. The molecule has 1 saturated carbocycles. The van der Waals surface area contributed by atoms with Crippen LogP contribution in [0.2, 0.25) is 0 Å². The van der Waals surface area contributed by atoms with Gasteiger partial charge in [-0.2, -0.15) is 0 Å². The topological polar surface area (TPSA) is 55.0 Å². The minimum absolute atomic E-state index is 0.335. The Kier molecular flexibility index (Phi) is 2.58. The summed E-state index contributed by atoms with van der Waals surface area (Å²) >= 11 is 0. The largest absolute Gasteiger partial charge is 0.465 e. The van der Waals surface area contributed by atoms with Crippen LogP contribution in [-0.4, -0.2) is 23.0 Å². The molecule has 1 aliphatic carbocycles. The van der Waals surface area contributed by atoms with Crippen molar-refractivity contribution in [3.05, 3.63) is 29.6 Å². The first kappa shape index (κ1) is 11.3. The molecule has 0 spiro atoms. The third-order valence-electron chi connectivity index (χ3n) is 3.70. The number of imidazole rings is 1. The highest BCUT2D eigenvalue weighted by molar-refractivity contribution is 6.01. The lowest BCUT2D eigenvalue weighted by Gasteiger charge is -2.04. The molecule has 0 amide bonds. The van der Waals surface area contributed by atoms with Crippen molar-refractivity contribution >= 4 is 17.0 Å². The van der Waals surface area contributed by atoms with E-state index in [4.69, 9.17) is 4.74 Å². The molecule has 94 valence electrons. The highest BCUT2D eigenvalue weighted by atomic mass is 16.5. The van der Waals surface area contributed by atoms with Crippen LogP contribution in [0, 0.1) is 5.92 Å². The minimum Gasteiger partial charge on any atom is -0.465 e. The van der Waals surface area contributed by atoms with Crippen molar-refractivity contribution < 1.29 is 9.53 Å². The fraction of sp³-hybridized carbons (Fsp3) is 0.429. The molecule has 1 atom stereocenters. The molecule has 4 heteroatoms. The van der Waals surface area contributed by atoms with Crippen LogP contribution in [0.4, 0.5) is 0 Å². The zero-order valence-corrected chi connectivity index (χ0v) is 10.6. The third-order valence-corrected chi connectivity index (χ3v) is 3.70. The molecule has 1 fully saturated rings. The summed E-state index contributed by atoms with van der Waals surface area (Å²) in [5.74, 6) is 1.82. The highest BCUT2D eigenvalue weighted by Gasteiger charge is 2.31. The van der Waals surface area contributed by atoms with E-state index >= 15 is 0 Å². The van der Waals surface area contributed by atoms with Crippen LogP contribution in [0.5, 0.6) is 0 Å². The zero-order chi connectivity index (χ0) is 12.7. The molecule has 1 aromatic carbocycles. The number of nitrogens with one attached hydrogen (secondary N) is 1. The van der Waals surface area contributed by atoms with Gasteiger partial charge < -0.3 is 9.72 Å². The van der Waals surface area contributed by atoms with E-state index in [1.807, 2.05) is 12.1 Å². The monoisotopic (exact) mass is 244 g/mol. The molecule has 1 heterocycles. The lowest BCUT2D eigenvalue weighted by Crippen LogP contribution is -2.02. The number of hydrogen-bond donors (Lipinski definition) is 1. The SMILES string of the molecule is COC(=O)c1cccc2[nH]c(C(C)C3CC3)nc12. The normalized spacial score (nSPS) is 16.8. The zero-order valence-electron chi connectivity index (χ0n) is 10.6. The molecule has 1 unspecified atom stereocenters. The quantitative estimate of drug-likeness (QED) is 0.845. The van der Waals surface area contributed by atoms with Crippen molar-refractivity contribution in [2.75, 3.05) is 7.11 Å². The highest BCUT2D eigenvalue weighted by Crippen LogP contribution is 2.41. The van der Waals surface area contributed by atoms with Gasteiger partial charge in [0.25, 0.3) is 0 Å². The van der Waals surface area contributed by atoms with Gasteiger partial charge in [-0.15, -0.1) is 0 Å². The maximum atomic E-state index is 11.7. The number of hydrogen-bond acceptors (Lipinski definition) is 3. The summed E-state index contributed by atoms with van der Waals surface area (Å²) < 4.78 is 4.78. The Balaban J connectivity index is 2.07. The van der Waals surface area contributed by atoms with E-state index in [0.29, 0.717) is 17.0 Å².